The smallest absolute Gasteiger partial charge is 0.255 e. The van der Waals surface area contributed by atoms with Crippen LogP contribution in [0.15, 0.2) is 71.2 Å². The van der Waals surface area contributed by atoms with Gasteiger partial charge in [-0.15, -0.1) is 0 Å². The number of methoxy groups -OCH3 is 1. The summed E-state index contributed by atoms with van der Waals surface area (Å²) in [6.07, 6.45) is 0. The monoisotopic (exact) mass is 458 g/mol. The molecule has 3 rings (SSSR count). The largest absolute Gasteiger partial charge is 0.496 e. The van der Waals surface area contributed by atoms with Gasteiger partial charge in [0.05, 0.1) is 11.6 Å². The predicted molar refractivity (Wildman–Crippen MR) is 114 cm³/mol. The second-order valence-electron chi connectivity index (χ2n) is 5.85. The molecule has 7 heteroatoms. The lowest BCUT2D eigenvalue weighted by molar-refractivity contribution is 0.101. The van der Waals surface area contributed by atoms with Crippen molar-refractivity contribution in [1.82, 2.24) is 0 Å². The van der Waals surface area contributed by atoms with Crippen molar-refractivity contribution in [2.75, 3.05) is 17.7 Å². The summed E-state index contributed by atoms with van der Waals surface area (Å²) in [5.41, 5.74) is 2.17. The first-order chi connectivity index (χ1) is 13.5. The molecule has 2 N–H and O–H groups in total. The lowest BCUT2D eigenvalue weighted by atomic mass is 10.2. The van der Waals surface area contributed by atoms with Gasteiger partial charge in [0.1, 0.15) is 5.75 Å². The number of benzene rings is 3. The maximum atomic E-state index is 12.4. The molecule has 0 spiro atoms. The van der Waals surface area contributed by atoms with E-state index in [9.17, 15) is 9.59 Å². The summed E-state index contributed by atoms with van der Waals surface area (Å²) < 4.78 is 5.86. The van der Waals surface area contributed by atoms with E-state index >= 15 is 0 Å². The van der Waals surface area contributed by atoms with E-state index in [-0.39, 0.29) is 11.8 Å². The molecule has 0 radical (unpaired) electrons. The van der Waals surface area contributed by atoms with Crippen molar-refractivity contribution in [3.05, 3.63) is 87.4 Å². The molecule has 28 heavy (non-hydrogen) atoms. The minimum Gasteiger partial charge on any atom is -0.496 e. The lowest BCUT2D eigenvalue weighted by Gasteiger charge is -2.09. The molecule has 0 aliphatic heterocycles. The van der Waals surface area contributed by atoms with Crippen LogP contribution < -0.4 is 15.4 Å². The van der Waals surface area contributed by atoms with Crippen LogP contribution >= 0.6 is 27.5 Å². The molecule has 2 amide bonds. The summed E-state index contributed by atoms with van der Waals surface area (Å²) in [7, 11) is 1.56. The highest BCUT2D eigenvalue weighted by atomic mass is 79.9. The third-order valence-electron chi connectivity index (χ3n) is 3.90. The van der Waals surface area contributed by atoms with E-state index < -0.39 is 0 Å². The van der Waals surface area contributed by atoms with Gasteiger partial charge < -0.3 is 15.4 Å². The fourth-order valence-electron chi connectivity index (χ4n) is 2.48. The van der Waals surface area contributed by atoms with Crippen molar-refractivity contribution in [3.8, 4) is 5.75 Å². The third kappa shape index (κ3) is 4.91. The van der Waals surface area contributed by atoms with E-state index in [1.54, 1.807) is 73.8 Å². The predicted octanol–water partition coefficient (Wildman–Crippen LogP) is 5.62. The molecule has 0 fully saturated rings. The van der Waals surface area contributed by atoms with Gasteiger partial charge in [0.25, 0.3) is 11.8 Å². The molecular weight excluding hydrogens is 444 g/mol. The zero-order valence-corrected chi connectivity index (χ0v) is 17.2. The highest BCUT2D eigenvalue weighted by Crippen LogP contribution is 2.26. The van der Waals surface area contributed by atoms with Crippen LogP contribution in [0.2, 0.25) is 5.02 Å². The van der Waals surface area contributed by atoms with Crippen molar-refractivity contribution < 1.29 is 14.3 Å². The van der Waals surface area contributed by atoms with Crippen LogP contribution in [0.4, 0.5) is 11.4 Å². The number of carbonyl (C=O) groups is 2. The maximum absolute atomic E-state index is 12.4. The zero-order chi connectivity index (χ0) is 20.1. The Kier molecular flexibility index (Phi) is 6.34. The summed E-state index contributed by atoms with van der Waals surface area (Å²) in [5.74, 6) is 0.137. The Balaban J connectivity index is 1.65. The van der Waals surface area contributed by atoms with Crippen molar-refractivity contribution in [1.29, 1.82) is 0 Å². The Hall–Kier alpha value is -2.83. The number of carbonyl (C=O) groups excluding carboxylic acids is 2. The Bertz CT molecular complexity index is 1020. The fraction of sp³-hybridized carbons (Fsp3) is 0.0476. The number of hydrogen-bond acceptors (Lipinski definition) is 3. The van der Waals surface area contributed by atoms with Crippen molar-refractivity contribution in [2.45, 2.75) is 0 Å². The SMILES string of the molecule is COc1ccc(C(=O)Nc2ccc(NC(=O)c3cccc(Cl)c3)cc2)cc1Br. The van der Waals surface area contributed by atoms with E-state index in [1.807, 2.05) is 0 Å². The lowest BCUT2D eigenvalue weighted by Crippen LogP contribution is -2.13. The van der Waals surface area contributed by atoms with Crippen molar-refractivity contribution in [3.63, 3.8) is 0 Å². The highest BCUT2D eigenvalue weighted by Gasteiger charge is 2.10. The van der Waals surface area contributed by atoms with Crippen LogP contribution in [0.5, 0.6) is 5.75 Å². The molecule has 0 saturated heterocycles. The summed E-state index contributed by atoms with van der Waals surface area (Å²) >= 11 is 9.27. The van der Waals surface area contributed by atoms with Crippen molar-refractivity contribution >= 4 is 50.7 Å². The second kappa shape index (κ2) is 8.91. The average molecular weight is 460 g/mol. The summed E-state index contributed by atoms with van der Waals surface area (Å²) in [6.45, 7) is 0. The number of halogens is 2. The Morgan fingerprint density at radius 3 is 1.93 bits per heavy atom. The van der Waals surface area contributed by atoms with Crippen LogP contribution in [0.25, 0.3) is 0 Å². The number of hydrogen-bond donors (Lipinski definition) is 2. The topological polar surface area (TPSA) is 67.4 Å². The van der Waals surface area contributed by atoms with Gasteiger partial charge in [-0.25, -0.2) is 0 Å². The van der Waals surface area contributed by atoms with E-state index in [0.717, 1.165) is 0 Å². The molecule has 0 aliphatic rings. The normalized spacial score (nSPS) is 10.2. The van der Waals surface area contributed by atoms with Gasteiger partial charge in [0.2, 0.25) is 0 Å². The molecule has 0 heterocycles. The third-order valence-corrected chi connectivity index (χ3v) is 4.76. The molecule has 0 aromatic heterocycles. The number of nitrogens with one attached hydrogen (secondary N) is 2. The molecule has 0 bridgehead atoms. The molecule has 0 unspecified atom stereocenters. The number of rotatable bonds is 5. The Labute approximate surface area is 175 Å². The fourth-order valence-corrected chi connectivity index (χ4v) is 3.21. The first-order valence-electron chi connectivity index (χ1n) is 8.28. The quantitative estimate of drug-likeness (QED) is 0.521. The maximum Gasteiger partial charge on any atom is 0.255 e. The number of ether oxygens (including phenoxy) is 1. The van der Waals surface area contributed by atoms with Gasteiger partial charge in [0, 0.05) is 27.5 Å². The molecule has 3 aromatic rings. The minimum absolute atomic E-state index is 0.251. The summed E-state index contributed by atoms with van der Waals surface area (Å²) in [4.78, 5) is 24.6. The average Bonchev–Trinajstić information content (AvgIpc) is 2.69. The Morgan fingerprint density at radius 1 is 0.857 bits per heavy atom. The van der Waals surface area contributed by atoms with E-state index in [4.69, 9.17) is 16.3 Å². The van der Waals surface area contributed by atoms with Crippen LogP contribution in [0.3, 0.4) is 0 Å². The Morgan fingerprint density at radius 2 is 1.43 bits per heavy atom. The highest BCUT2D eigenvalue weighted by molar-refractivity contribution is 9.10. The van der Waals surface area contributed by atoms with Gasteiger partial charge in [-0.2, -0.15) is 0 Å². The molecular formula is C21H16BrClN2O3. The van der Waals surface area contributed by atoms with Gasteiger partial charge in [-0.3, -0.25) is 9.59 Å². The van der Waals surface area contributed by atoms with Crippen molar-refractivity contribution in [2.24, 2.45) is 0 Å². The zero-order valence-electron chi connectivity index (χ0n) is 14.8. The number of amides is 2. The van der Waals surface area contributed by atoms with Crippen LogP contribution in [-0.2, 0) is 0 Å². The standard InChI is InChI=1S/C21H16BrClN2O3/c1-28-19-10-5-14(12-18(19)22)21(27)25-17-8-6-16(7-9-17)24-20(26)13-3-2-4-15(23)11-13/h2-12H,1H3,(H,24,26)(H,25,27). The minimum atomic E-state index is -0.262. The van der Waals surface area contributed by atoms with Crippen LogP contribution in [-0.4, -0.2) is 18.9 Å². The second-order valence-corrected chi connectivity index (χ2v) is 7.14. The first-order valence-corrected chi connectivity index (χ1v) is 9.45. The van der Waals surface area contributed by atoms with Crippen LogP contribution in [0.1, 0.15) is 20.7 Å². The van der Waals surface area contributed by atoms with E-state index in [0.29, 0.717) is 37.7 Å². The molecule has 0 atom stereocenters. The summed E-state index contributed by atoms with van der Waals surface area (Å²) in [6, 6.07) is 18.6. The first kappa shape index (κ1) is 19.9. The van der Waals surface area contributed by atoms with Crippen LogP contribution in [0, 0.1) is 0 Å². The molecule has 3 aromatic carbocycles. The van der Waals surface area contributed by atoms with Gasteiger partial charge in [-0.05, 0) is 76.6 Å². The molecule has 142 valence electrons. The van der Waals surface area contributed by atoms with E-state index in [1.165, 1.54) is 0 Å². The van der Waals surface area contributed by atoms with Gasteiger partial charge in [-0.1, -0.05) is 17.7 Å². The summed E-state index contributed by atoms with van der Waals surface area (Å²) in [5, 5.41) is 6.10. The molecule has 0 saturated carbocycles. The van der Waals surface area contributed by atoms with E-state index in [2.05, 4.69) is 26.6 Å². The molecule has 5 nitrogen and oxygen atoms in total. The molecule has 0 aliphatic carbocycles. The number of anilines is 2. The van der Waals surface area contributed by atoms with Gasteiger partial charge >= 0.3 is 0 Å². The van der Waals surface area contributed by atoms with Gasteiger partial charge in [0.15, 0.2) is 0 Å².